The second kappa shape index (κ2) is 4.54. The number of benzene rings is 1. The van der Waals surface area contributed by atoms with Crippen LogP contribution in [-0.4, -0.2) is 23.2 Å². The molecule has 0 bridgehead atoms. The van der Waals surface area contributed by atoms with Crippen LogP contribution in [0, 0.1) is 13.8 Å². The minimum absolute atomic E-state index is 0.146. The second-order valence-electron chi connectivity index (χ2n) is 4.27. The van der Waals surface area contributed by atoms with Gasteiger partial charge in [0.15, 0.2) is 0 Å². The van der Waals surface area contributed by atoms with E-state index >= 15 is 0 Å². The molecule has 2 aromatic rings. The highest BCUT2D eigenvalue weighted by atomic mass is 32.2. The van der Waals surface area contributed by atoms with Crippen LogP contribution >= 0.6 is 0 Å². The van der Waals surface area contributed by atoms with Gasteiger partial charge >= 0.3 is 0 Å². The predicted molar refractivity (Wildman–Crippen MR) is 72.1 cm³/mol. The zero-order valence-electron chi connectivity index (χ0n) is 10.9. The Hall–Kier alpha value is -2.09. The smallest absolute Gasteiger partial charge is 0.264 e. The molecule has 0 aliphatic carbocycles. The van der Waals surface area contributed by atoms with Crippen LogP contribution < -0.4 is 10.5 Å². The number of aromatic nitrogens is 3. The summed E-state index contributed by atoms with van der Waals surface area (Å²) in [6.45, 7) is 3.55. The lowest BCUT2D eigenvalue weighted by Crippen LogP contribution is -2.18. The van der Waals surface area contributed by atoms with Gasteiger partial charge in [0.25, 0.3) is 10.0 Å². The summed E-state index contributed by atoms with van der Waals surface area (Å²) < 4.78 is 28.4. The fourth-order valence-corrected chi connectivity index (χ4v) is 3.09. The topological polar surface area (TPSA) is 103 Å². The molecular weight excluding hydrogens is 266 g/mol. The number of hydrogen-bond donors (Lipinski definition) is 2. The monoisotopic (exact) mass is 281 g/mol. The first kappa shape index (κ1) is 13.3. The summed E-state index contributed by atoms with van der Waals surface area (Å²) >= 11 is 0. The van der Waals surface area contributed by atoms with E-state index in [0.717, 1.165) is 5.56 Å². The van der Waals surface area contributed by atoms with Gasteiger partial charge < -0.3 is 5.73 Å². The maximum absolute atomic E-state index is 12.3. The first-order valence-corrected chi connectivity index (χ1v) is 7.03. The fraction of sp³-hybridized carbons (Fsp3) is 0.273. The Labute approximate surface area is 111 Å². The van der Waals surface area contributed by atoms with Crippen molar-refractivity contribution in [3.8, 4) is 0 Å². The number of nitrogens with two attached hydrogens (primary N) is 1. The fourth-order valence-electron chi connectivity index (χ4n) is 1.70. The van der Waals surface area contributed by atoms with Crippen LogP contribution in [0.4, 0.5) is 11.6 Å². The Kier molecular flexibility index (Phi) is 3.19. The molecule has 102 valence electrons. The van der Waals surface area contributed by atoms with Gasteiger partial charge in [-0.05, 0) is 37.1 Å². The van der Waals surface area contributed by atoms with E-state index < -0.39 is 10.0 Å². The first-order valence-electron chi connectivity index (χ1n) is 5.55. The summed E-state index contributed by atoms with van der Waals surface area (Å²) in [7, 11) is -2.14. The Morgan fingerprint density at radius 2 is 2.00 bits per heavy atom. The van der Waals surface area contributed by atoms with Gasteiger partial charge in [0.2, 0.25) is 5.95 Å². The van der Waals surface area contributed by atoms with Gasteiger partial charge in [-0.15, -0.1) is 0 Å². The minimum atomic E-state index is -3.73. The highest BCUT2D eigenvalue weighted by molar-refractivity contribution is 7.92. The zero-order valence-corrected chi connectivity index (χ0v) is 11.7. The van der Waals surface area contributed by atoms with E-state index in [1.165, 1.54) is 17.1 Å². The van der Waals surface area contributed by atoms with Crippen LogP contribution in [0.5, 0.6) is 0 Å². The second-order valence-corrected chi connectivity index (χ2v) is 5.92. The van der Waals surface area contributed by atoms with Gasteiger partial charge in [-0.1, -0.05) is 0 Å². The van der Waals surface area contributed by atoms with Gasteiger partial charge in [-0.3, -0.25) is 0 Å². The quantitative estimate of drug-likeness (QED) is 0.811. The Bertz CT molecular complexity index is 721. The number of nitrogens with one attached hydrogen (secondary N) is 1. The molecule has 0 saturated heterocycles. The third kappa shape index (κ3) is 2.53. The number of nitrogens with zero attached hydrogens (tertiary/aromatic N) is 3. The SMILES string of the molecule is Cc1cc(N)cc(S(=O)(=O)Nc2ncnn2C)c1C. The van der Waals surface area contributed by atoms with Crippen molar-refractivity contribution in [2.75, 3.05) is 10.5 Å². The van der Waals surface area contributed by atoms with Crippen molar-refractivity contribution < 1.29 is 8.42 Å². The van der Waals surface area contributed by atoms with Crippen LogP contribution in [0.15, 0.2) is 23.4 Å². The molecule has 7 nitrogen and oxygen atoms in total. The molecule has 1 heterocycles. The highest BCUT2D eigenvalue weighted by Gasteiger charge is 2.20. The molecule has 0 aliphatic heterocycles. The molecule has 0 atom stereocenters. The molecule has 3 N–H and O–H groups in total. The van der Waals surface area contributed by atoms with Gasteiger partial charge in [0.1, 0.15) is 6.33 Å². The lowest BCUT2D eigenvalue weighted by Gasteiger charge is -2.12. The van der Waals surface area contributed by atoms with E-state index in [1.54, 1.807) is 20.0 Å². The number of hydrogen-bond acceptors (Lipinski definition) is 5. The number of nitrogen functional groups attached to an aromatic ring is 1. The van der Waals surface area contributed by atoms with E-state index in [-0.39, 0.29) is 10.8 Å². The van der Waals surface area contributed by atoms with Gasteiger partial charge in [0.05, 0.1) is 4.90 Å². The molecule has 8 heteroatoms. The highest BCUT2D eigenvalue weighted by Crippen LogP contribution is 2.23. The molecule has 2 rings (SSSR count). The molecule has 0 unspecified atom stereocenters. The van der Waals surface area contributed by atoms with Crippen molar-refractivity contribution in [3.63, 3.8) is 0 Å². The third-order valence-corrected chi connectivity index (χ3v) is 4.32. The average molecular weight is 281 g/mol. The largest absolute Gasteiger partial charge is 0.399 e. The van der Waals surface area contributed by atoms with Crippen molar-refractivity contribution in [3.05, 3.63) is 29.6 Å². The Morgan fingerprint density at radius 1 is 1.32 bits per heavy atom. The normalized spacial score (nSPS) is 11.5. The molecule has 0 saturated carbocycles. The van der Waals surface area contributed by atoms with Gasteiger partial charge in [-0.2, -0.15) is 10.1 Å². The Balaban J connectivity index is 2.49. The maximum atomic E-state index is 12.3. The van der Waals surface area contributed by atoms with E-state index in [1.807, 2.05) is 6.92 Å². The van der Waals surface area contributed by atoms with Crippen LogP contribution in [0.25, 0.3) is 0 Å². The van der Waals surface area contributed by atoms with E-state index in [4.69, 9.17) is 5.73 Å². The summed E-state index contributed by atoms with van der Waals surface area (Å²) in [5.41, 5.74) is 7.58. The molecule has 0 amide bonds. The van der Waals surface area contributed by atoms with Gasteiger partial charge in [-0.25, -0.2) is 17.8 Å². The summed E-state index contributed by atoms with van der Waals surface area (Å²) in [4.78, 5) is 3.98. The molecule has 1 aromatic heterocycles. The third-order valence-electron chi connectivity index (χ3n) is 2.87. The van der Waals surface area contributed by atoms with Crippen molar-refractivity contribution in [1.29, 1.82) is 0 Å². The van der Waals surface area contributed by atoms with Crippen LogP contribution in [-0.2, 0) is 17.1 Å². The molecule has 0 aliphatic rings. The number of sulfonamides is 1. The summed E-state index contributed by atoms with van der Waals surface area (Å²) in [6.07, 6.45) is 1.27. The minimum Gasteiger partial charge on any atom is -0.399 e. The lowest BCUT2D eigenvalue weighted by molar-refractivity contribution is 0.599. The molecular formula is C11H15N5O2S. The van der Waals surface area contributed by atoms with Gasteiger partial charge in [0, 0.05) is 12.7 Å². The number of rotatable bonds is 3. The molecule has 1 aromatic carbocycles. The zero-order chi connectivity index (χ0) is 14.2. The number of anilines is 2. The van der Waals surface area contributed by atoms with E-state index in [0.29, 0.717) is 11.3 Å². The lowest BCUT2D eigenvalue weighted by atomic mass is 10.1. The summed E-state index contributed by atoms with van der Waals surface area (Å²) in [5.74, 6) is 0.152. The van der Waals surface area contributed by atoms with E-state index in [9.17, 15) is 8.42 Å². The standard InChI is InChI=1S/C11H15N5O2S/c1-7-4-9(12)5-10(8(7)2)19(17,18)15-11-13-6-14-16(11)3/h4-6H,12H2,1-3H3,(H,13,14,15). The first-order chi connectivity index (χ1) is 8.81. The molecule has 19 heavy (non-hydrogen) atoms. The van der Waals surface area contributed by atoms with Crippen LogP contribution in [0.1, 0.15) is 11.1 Å². The van der Waals surface area contributed by atoms with Crippen LogP contribution in [0.2, 0.25) is 0 Å². The molecule has 0 fully saturated rings. The van der Waals surface area contributed by atoms with Crippen molar-refractivity contribution >= 4 is 21.7 Å². The summed E-state index contributed by atoms with van der Waals surface area (Å²) in [5, 5.41) is 3.81. The van der Waals surface area contributed by atoms with Crippen molar-refractivity contribution in [1.82, 2.24) is 14.8 Å². The molecule has 0 radical (unpaired) electrons. The molecule has 0 spiro atoms. The average Bonchev–Trinajstić information content (AvgIpc) is 2.69. The van der Waals surface area contributed by atoms with Crippen LogP contribution in [0.3, 0.4) is 0 Å². The predicted octanol–water partition coefficient (Wildman–Crippen LogP) is 0.815. The Morgan fingerprint density at radius 3 is 2.58 bits per heavy atom. The maximum Gasteiger partial charge on any atom is 0.264 e. The van der Waals surface area contributed by atoms with E-state index in [2.05, 4.69) is 14.8 Å². The van der Waals surface area contributed by atoms with Crippen molar-refractivity contribution in [2.45, 2.75) is 18.7 Å². The van der Waals surface area contributed by atoms with Crippen molar-refractivity contribution in [2.24, 2.45) is 7.05 Å². The number of aryl methyl sites for hydroxylation is 2. The summed E-state index contributed by atoms with van der Waals surface area (Å²) in [6, 6.07) is 3.16.